The van der Waals surface area contributed by atoms with Crippen molar-refractivity contribution in [3.05, 3.63) is 42.3 Å². The van der Waals surface area contributed by atoms with E-state index in [9.17, 15) is 13.2 Å². The van der Waals surface area contributed by atoms with Gasteiger partial charge >= 0.3 is 5.97 Å². The van der Waals surface area contributed by atoms with Crippen LogP contribution in [0.1, 0.15) is 10.6 Å². The molecule has 22 heavy (non-hydrogen) atoms. The first-order valence-corrected chi connectivity index (χ1v) is 7.62. The molecule has 0 radical (unpaired) electrons. The number of esters is 1. The van der Waals surface area contributed by atoms with Gasteiger partial charge in [-0.3, -0.25) is 9.82 Å². The number of H-pyrrole nitrogens is 1. The molecular weight excluding hydrogens is 310 g/mol. The number of anilines is 1. The van der Waals surface area contributed by atoms with Gasteiger partial charge in [0.2, 0.25) is 10.9 Å². The molecule has 0 saturated heterocycles. The summed E-state index contributed by atoms with van der Waals surface area (Å²) in [5.74, 6) is -0.942. The monoisotopic (exact) mass is 321 g/mol. The first-order chi connectivity index (χ1) is 10.5. The molecule has 2 heterocycles. The molecule has 2 aromatic heterocycles. The molecule has 8 nitrogen and oxygen atoms in total. The van der Waals surface area contributed by atoms with Gasteiger partial charge < -0.3 is 9.15 Å². The Balaban J connectivity index is 1.95. The smallest absolute Gasteiger partial charge is 0.374 e. The van der Waals surface area contributed by atoms with Crippen LogP contribution in [0.4, 0.5) is 5.69 Å². The highest BCUT2D eigenvalue weighted by atomic mass is 32.2. The highest BCUT2D eigenvalue weighted by Gasteiger charge is 2.22. The molecule has 0 aliphatic carbocycles. The van der Waals surface area contributed by atoms with Crippen LogP contribution in [0.15, 0.2) is 46.0 Å². The van der Waals surface area contributed by atoms with Crippen molar-refractivity contribution < 1.29 is 22.4 Å². The second kappa shape index (κ2) is 5.19. The van der Waals surface area contributed by atoms with Crippen molar-refractivity contribution in [2.45, 2.75) is 5.09 Å². The van der Waals surface area contributed by atoms with Gasteiger partial charge in [-0.15, -0.1) is 0 Å². The van der Waals surface area contributed by atoms with Gasteiger partial charge in [0.15, 0.2) is 0 Å². The standard InChI is InChI=1S/C13H11N3O5S/c1-20-13(17)11-5-6-12(21-11)22(18,19)16-10-4-2-3-9-8(10)7-14-15-9/h2-7,16H,1H3,(H,14,15). The number of nitrogens with zero attached hydrogens (tertiary/aromatic N) is 1. The van der Waals surface area contributed by atoms with Crippen LogP contribution in [0.5, 0.6) is 0 Å². The molecule has 0 amide bonds. The SMILES string of the molecule is COC(=O)c1ccc(S(=O)(=O)Nc2cccc3[nH]ncc23)o1. The van der Waals surface area contributed by atoms with E-state index >= 15 is 0 Å². The Morgan fingerprint density at radius 1 is 1.32 bits per heavy atom. The number of carbonyl (C=O) groups excluding carboxylic acids is 1. The highest BCUT2D eigenvalue weighted by Crippen LogP contribution is 2.25. The fraction of sp³-hybridized carbons (Fsp3) is 0.0769. The zero-order valence-corrected chi connectivity index (χ0v) is 12.2. The normalized spacial score (nSPS) is 11.5. The first-order valence-electron chi connectivity index (χ1n) is 6.14. The Morgan fingerprint density at radius 3 is 2.91 bits per heavy atom. The number of hydrogen-bond acceptors (Lipinski definition) is 6. The molecule has 3 rings (SSSR count). The molecule has 0 atom stereocenters. The van der Waals surface area contributed by atoms with Gasteiger partial charge in [-0.2, -0.15) is 13.5 Å². The van der Waals surface area contributed by atoms with Crippen LogP contribution in [0, 0.1) is 0 Å². The zero-order chi connectivity index (χ0) is 15.7. The Hall–Kier alpha value is -2.81. The van der Waals surface area contributed by atoms with Crippen LogP contribution >= 0.6 is 0 Å². The van der Waals surface area contributed by atoms with E-state index in [1.54, 1.807) is 18.2 Å². The summed E-state index contributed by atoms with van der Waals surface area (Å²) in [5, 5.41) is 6.84. The number of rotatable bonds is 4. The third kappa shape index (κ3) is 2.42. The number of aromatic amines is 1. The molecule has 0 aliphatic rings. The van der Waals surface area contributed by atoms with Crippen molar-refractivity contribution in [1.82, 2.24) is 10.2 Å². The molecule has 114 valence electrons. The number of sulfonamides is 1. The topological polar surface area (TPSA) is 114 Å². The van der Waals surface area contributed by atoms with E-state index in [1.165, 1.54) is 25.4 Å². The fourth-order valence-electron chi connectivity index (χ4n) is 1.93. The summed E-state index contributed by atoms with van der Waals surface area (Å²) in [7, 11) is -2.79. The number of furan rings is 1. The van der Waals surface area contributed by atoms with Gasteiger partial charge in [-0.25, -0.2) is 4.79 Å². The molecule has 2 N–H and O–H groups in total. The number of aromatic nitrogens is 2. The van der Waals surface area contributed by atoms with E-state index in [2.05, 4.69) is 19.7 Å². The minimum absolute atomic E-state index is 0.190. The summed E-state index contributed by atoms with van der Waals surface area (Å²) in [4.78, 5) is 11.3. The summed E-state index contributed by atoms with van der Waals surface area (Å²) in [6.45, 7) is 0. The van der Waals surface area contributed by atoms with Crippen molar-refractivity contribution in [1.29, 1.82) is 0 Å². The Kier molecular flexibility index (Phi) is 3.33. The van der Waals surface area contributed by atoms with Crippen LogP contribution in [0.3, 0.4) is 0 Å². The van der Waals surface area contributed by atoms with Crippen LogP contribution in [-0.4, -0.2) is 31.7 Å². The number of methoxy groups -OCH3 is 1. The summed E-state index contributed by atoms with van der Waals surface area (Å²) in [6, 6.07) is 7.46. The second-order valence-corrected chi connectivity index (χ2v) is 5.97. The van der Waals surface area contributed by atoms with Crippen molar-refractivity contribution in [3.8, 4) is 0 Å². The van der Waals surface area contributed by atoms with Gasteiger partial charge in [-0.1, -0.05) is 6.07 Å². The number of carbonyl (C=O) groups is 1. The predicted molar refractivity (Wildman–Crippen MR) is 76.9 cm³/mol. The van der Waals surface area contributed by atoms with Crippen LogP contribution in [0.25, 0.3) is 10.9 Å². The van der Waals surface area contributed by atoms with Crippen molar-refractivity contribution in [3.63, 3.8) is 0 Å². The highest BCUT2D eigenvalue weighted by molar-refractivity contribution is 7.92. The summed E-state index contributed by atoms with van der Waals surface area (Å²) in [5.41, 5.74) is 1.04. The van der Waals surface area contributed by atoms with Crippen molar-refractivity contribution in [2.75, 3.05) is 11.8 Å². The molecular formula is C13H11N3O5S. The van der Waals surface area contributed by atoms with Gasteiger partial charge in [-0.05, 0) is 24.3 Å². The predicted octanol–water partition coefficient (Wildman–Crippen LogP) is 1.74. The van der Waals surface area contributed by atoms with Gasteiger partial charge in [0.05, 0.1) is 24.5 Å². The molecule has 0 bridgehead atoms. The number of nitrogens with one attached hydrogen (secondary N) is 2. The lowest BCUT2D eigenvalue weighted by Crippen LogP contribution is -2.12. The molecule has 9 heteroatoms. The molecule has 0 aliphatic heterocycles. The molecule has 0 saturated carbocycles. The second-order valence-electron chi connectivity index (χ2n) is 4.35. The molecule has 3 aromatic rings. The minimum atomic E-state index is -3.97. The number of ether oxygens (including phenoxy) is 1. The van der Waals surface area contributed by atoms with Crippen LogP contribution in [-0.2, 0) is 14.8 Å². The Labute approximate surface area is 125 Å². The van der Waals surface area contributed by atoms with E-state index < -0.39 is 16.0 Å². The molecule has 1 aromatic carbocycles. The van der Waals surface area contributed by atoms with Crippen LogP contribution in [0.2, 0.25) is 0 Å². The van der Waals surface area contributed by atoms with Gasteiger partial charge in [0.25, 0.3) is 10.0 Å². The number of fused-ring (bicyclic) bond motifs is 1. The van der Waals surface area contributed by atoms with Crippen molar-refractivity contribution in [2.24, 2.45) is 0 Å². The lowest BCUT2D eigenvalue weighted by Gasteiger charge is -2.06. The summed E-state index contributed by atoms with van der Waals surface area (Å²) < 4.78 is 36.5. The third-order valence-electron chi connectivity index (χ3n) is 2.96. The summed E-state index contributed by atoms with van der Waals surface area (Å²) in [6.07, 6.45) is 1.51. The maximum Gasteiger partial charge on any atom is 0.374 e. The average Bonchev–Trinajstić information content (AvgIpc) is 3.15. The fourth-order valence-corrected chi connectivity index (χ4v) is 2.94. The van der Waals surface area contributed by atoms with E-state index in [-0.39, 0.29) is 10.9 Å². The zero-order valence-electron chi connectivity index (χ0n) is 11.4. The maximum absolute atomic E-state index is 12.3. The largest absolute Gasteiger partial charge is 0.463 e. The Morgan fingerprint density at radius 2 is 2.14 bits per heavy atom. The van der Waals surface area contributed by atoms with E-state index in [4.69, 9.17) is 4.42 Å². The summed E-state index contributed by atoms with van der Waals surface area (Å²) >= 11 is 0. The number of hydrogen-bond donors (Lipinski definition) is 2. The van der Waals surface area contributed by atoms with Gasteiger partial charge in [0.1, 0.15) is 0 Å². The van der Waals surface area contributed by atoms with Crippen LogP contribution < -0.4 is 4.72 Å². The van der Waals surface area contributed by atoms with E-state index in [0.717, 1.165) is 0 Å². The lowest BCUT2D eigenvalue weighted by atomic mass is 10.2. The average molecular weight is 321 g/mol. The molecule has 0 fully saturated rings. The number of benzene rings is 1. The molecule has 0 spiro atoms. The molecule has 0 unspecified atom stereocenters. The quantitative estimate of drug-likeness (QED) is 0.707. The third-order valence-corrected chi connectivity index (χ3v) is 4.20. The maximum atomic E-state index is 12.3. The minimum Gasteiger partial charge on any atom is -0.463 e. The van der Waals surface area contributed by atoms with E-state index in [0.29, 0.717) is 16.6 Å². The van der Waals surface area contributed by atoms with Gasteiger partial charge in [0, 0.05) is 5.39 Å². The first kappa shape index (κ1) is 14.1. The van der Waals surface area contributed by atoms with E-state index in [1.807, 2.05) is 0 Å². The lowest BCUT2D eigenvalue weighted by molar-refractivity contribution is 0.0559. The Bertz CT molecular complexity index is 941. The van der Waals surface area contributed by atoms with Crippen molar-refractivity contribution >= 4 is 32.6 Å².